The van der Waals surface area contributed by atoms with Crippen molar-refractivity contribution < 1.29 is 14.2 Å². The molecule has 0 amide bonds. The minimum absolute atomic E-state index is 0.100. The predicted molar refractivity (Wildman–Crippen MR) is 94.3 cm³/mol. The van der Waals surface area contributed by atoms with Crippen molar-refractivity contribution in [3.63, 3.8) is 0 Å². The van der Waals surface area contributed by atoms with Crippen molar-refractivity contribution in [1.29, 1.82) is 0 Å². The lowest BCUT2D eigenvalue weighted by molar-refractivity contribution is -0.299. The summed E-state index contributed by atoms with van der Waals surface area (Å²) in [5.74, 6) is 2.65. The van der Waals surface area contributed by atoms with E-state index in [1.54, 1.807) is 0 Å². The molecule has 0 radical (unpaired) electrons. The number of hydrogen-bond donors (Lipinski definition) is 0. The van der Waals surface area contributed by atoms with E-state index in [1.807, 2.05) is 0 Å². The van der Waals surface area contributed by atoms with Gasteiger partial charge in [-0.25, -0.2) is 0 Å². The van der Waals surface area contributed by atoms with Gasteiger partial charge in [0.1, 0.15) is 0 Å². The van der Waals surface area contributed by atoms with Crippen LogP contribution in [0.1, 0.15) is 68.2 Å². The summed E-state index contributed by atoms with van der Waals surface area (Å²) in [6.07, 6.45) is 2.88. The lowest BCUT2D eigenvalue weighted by atomic mass is 9.77. The molecule has 0 aromatic carbocycles. The van der Waals surface area contributed by atoms with E-state index >= 15 is 0 Å². The van der Waals surface area contributed by atoms with Crippen molar-refractivity contribution in [3.05, 3.63) is 0 Å². The van der Waals surface area contributed by atoms with E-state index in [9.17, 15) is 0 Å². The molecule has 0 spiro atoms. The molecule has 0 aromatic heterocycles. The van der Waals surface area contributed by atoms with Crippen molar-refractivity contribution in [3.8, 4) is 0 Å². The van der Waals surface area contributed by atoms with Gasteiger partial charge < -0.3 is 14.2 Å². The highest BCUT2D eigenvalue weighted by atomic mass is 16.7. The second kappa shape index (κ2) is 7.84. The lowest BCUT2D eigenvalue weighted by Gasteiger charge is -2.48. The Morgan fingerprint density at radius 1 is 0.652 bits per heavy atom. The Morgan fingerprint density at radius 2 is 1.26 bits per heavy atom. The van der Waals surface area contributed by atoms with Crippen molar-refractivity contribution in [2.75, 3.05) is 0 Å². The molecule has 10 atom stereocenters. The first-order chi connectivity index (χ1) is 10.8. The summed E-state index contributed by atoms with van der Waals surface area (Å²) in [5.41, 5.74) is 0. The second-order valence-electron chi connectivity index (χ2n) is 8.14. The largest absolute Gasteiger partial charge is 0.372 e. The molecule has 3 heteroatoms. The summed E-state index contributed by atoms with van der Waals surface area (Å²) >= 11 is 0. The normalized spacial score (nSPS) is 51.7. The number of ether oxygens (including phenoxy) is 3. The van der Waals surface area contributed by atoms with Crippen molar-refractivity contribution in [2.24, 2.45) is 29.6 Å². The molecule has 0 aliphatic carbocycles. The van der Waals surface area contributed by atoms with Crippen LogP contribution in [0.5, 0.6) is 0 Å². The summed E-state index contributed by atoms with van der Waals surface area (Å²) in [5, 5.41) is 0. The zero-order chi connectivity index (χ0) is 17.3. The molecule has 3 nitrogen and oxygen atoms in total. The van der Waals surface area contributed by atoms with Crippen LogP contribution in [0.3, 0.4) is 0 Å². The molecule has 2 aliphatic rings. The highest BCUT2D eigenvalue weighted by Crippen LogP contribution is 2.40. The third kappa shape index (κ3) is 3.77. The maximum Gasteiger partial charge on any atom is 0.161 e. The van der Waals surface area contributed by atoms with Crippen LogP contribution in [0.15, 0.2) is 0 Å². The van der Waals surface area contributed by atoms with Gasteiger partial charge in [0.15, 0.2) is 6.29 Å². The van der Waals surface area contributed by atoms with Gasteiger partial charge in [0.05, 0.1) is 24.4 Å². The van der Waals surface area contributed by atoms with Crippen LogP contribution >= 0.6 is 0 Å². The summed E-state index contributed by atoms with van der Waals surface area (Å²) in [4.78, 5) is 0. The van der Waals surface area contributed by atoms with E-state index in [0.717, 1.165) is 12.8 Å². The van der Waals surface area contributed by atoms with Gasteiger partial charge in [0.25, 0.3) is 0 Å². The number of rotatable bonds is 4. The molecule has 2 fully saturated rings. The molecule has 0 N–H and O–H groups in total. The fourth-order valence-electron chi connectivity index (χ4n) is 4.35. The fourth-order valence-corrected chi connectivity index (χ4v) is 4.35. The Bertz CT molecular complexity index is 368. The van der Waals surface area contributed by atoms with Crippen molar-refractivity contribution >= 4 is 0 Å². The average molecular weight is 327 g/mol. The van der Waals surface area contributed by atoms with Crippen molar-refractivity contribution in [1.82, 2.24) is 0 Å². The Morgan fingerprint density at radius 3 is 1.83 bits per heavy atom. The zero-order valence-electron chi connectivity index (χ0n) is 16.4. The molecule has 2 aliphatic heterocycles. The highest BCUT2D eigenvalue weighted by Gasteiger charge is 2.45. The maximum absolute atomic E-state index is 6.58. The van der Waals surface area contributed by atoms with Crippen molar-refractivity contribution in [2.45, 2.75) is 98.9 Å². The Labute approximate surface area is 143 Å². The van der Waals surface area contributed by atoms with Crippen LogP contribution in [0.2, 0.25) is 0 Å². The second-order valence-corrected chi connectivity index (χ2v) is 8.14. The predicted octanol–water partition coefficient (Wildman–Crippen LogP) is 4.88. The Kier molecular flexibility index (Phi) is 6.55. The summed E-state index contributed by atoms with van der Waals surface area (Å²) in [6.45, 7) is 18.1. The van der Waals surface area contributed by atoms with Gasteiger partial charge in [-0.05, 0) is 43.4 Å². The van der Waals surface area contributed by atoms with Gasteiger partial charge in [-0.3, -0.25) is 0 Å². The Balaban J connectivity index is 2.11. The maximum atomic E-state index is 6.58. The molecule has 5 unspecified atom stereocenters. The van der Waals surface area contributed by atoms with E-state index in [0.29, 0.717) is 41.8 Å². The first-order valence-corrected chi connectivity index (χ1v) is 9.78. The molecule has 0 bridgehead atoms. The first kappa shape index (κ1) is 19.2. The van der Waals surface area contributed by atoms with Gasteiger partial charge in [-0.1, -0.05) is 48.5 Å². The quantitative estimate of drug-likeness (QED) is 0.736. The third-order valence-electron chi connectivity index (χ3n) is 6.92. The van der Waals surface area contributed by atoms with E-state index in [2.05, 4.69) is 55.4 Å². The molecule has 2 saturated heterocycles. The third-order valence-corrected chi connectivity index (χ3v) is 6.92. The van der Waals surface area contributed by atoms with Gasteiger partial charge in [0, 0.05) is 5.92 Å². The molecule has 23 heavy (non-hydrogen) atoms. The molecule has 2 heterocycles. The van der Waals surface area contributed by atoms with Crippen LogP contribution < -0.4 is 0 Å². The van der Waals surface area contributed by atoms with Gasteiger partial charge in [-0.15, -0.1) is 0 Å². The molecular formula is C20H38O3. The van der Waals surface area contributed by atoms with Gasteiger partial charge >= 0.3 is 0 Å². The van der Waals surface area contributed by atoms with Crippen LogP contribution in [-0.2, 0) is 14.2 Å². The van der Waals surface area contributed by atoms with E-state index < -0.39 is 0 Å². The lowest BCUT2D eigenvalue weighted by Crippen LogP contribution is -2.54. The highest BCUT2D eigenvalue weighted by molar-refractivity contribution is 4.89. The first-order valence-electron chi connectivity index (χ1n) is 9.78. The molecule has 136 valence electrons. The molecule has 2 rings (SSSR count). The van der Waals surface area contributed by atoms with Crippen LogP contribution in [-0.4, -0.2) is 30.7 Å². The zero-order valence-corrected chi connectivity index (χ0v) is 16.4. The van der Waals surface area contributed by atoms with Crippen LogP contribution in [0.25, 0.3) is 0 Å². The van der Waals surface area contributed by atoms with E-state index in [4.69, 9.17) is 14.2 Å². The average Bonchev–Trinajstić information content (AvgIpc) is 2.55. The van der Waals surface area contributed by atoms with Crippen LogP contribution in [0, 0.1) is 29.6 Å². The minimum Gasteiger partial charge on any atom is -0.372 e. The summed E-state index contributed by atoms with van der Waals surface area (Å²) in [6, 6.07) is 0. The van der Waals surface area contributed by atoms with Gasteiger partial charge in [0.2, 0.25) is 0 Å². The smallest absolute Gasteiger partial charge is 0.161 e. The fraction of sp³-hybridized carbons (Fsp3) is 1.00. The molecule has 0 saturated carbocycles. The molecule has 0 aromatic rings. The summed E-state index contributed by atoms with van der Waals surface area (Å²) < 4.78 is 19.2. The SMILES string of the molecule is CCC1O[C@@H](O[C@@H]2C(CC)OC(C)C(C)[C@H]2C)C(C)[C@@H](C)[C@@H]1C. The Hall–Kier alpha value is -0.120. The monoisotopic (exact) mass is 326 g/mol. The summed E-state index contributed by atoms with van der Waals surface area (Å²) in [7, 11) is 0. The van der Waals surface area contributed by atoms with E-state index in [-0.39, 0.29) is 18.5 Å². The van der Waals surface area contributed by atoms with E-state index in [1.165, 1.54) is 0 Å². The number of hydrogen-bond acceptors (Lipinski definition) is 3. The minimum atomic E-state index is -0.100. The standard InChI is InChI=1S/C20H38O3/c1-9-17-13(5)11(3)15(7)20(22-17)23-19-14(6)12(4)16(8)21-18(19)10-2/h11-20H,9-10H2,1-8H3/t11-,12?,13-,14+,15?,16?,17?,18?,19-,20-/m0/s1. The topological polar surface area (TPSA) is 27.7 Å². The molecular weight excluding hydrogens is 288 g/mol. The van der Waals surface area contributed by atoms with Gasteiger partial charge in [-0.2, -0.15) is 0 Å². The van der Waals surface area contributed by atoms with Crippen LogP contribution in [0.4, 0.5) is 0 Å².